The van der Waals surface area contributed by atoms with E-state index in [1.807, 2.05) is 0 Å². The van der Waals surface area contributed by atoms with Gasteiger partial charge in [-0.05, 0) is 71.0 Å². The van der Waals surface area contributed by atoms with E-state index in [-0.39, 0.29) is 0 Å². The maximum Gasteiger partial charge on any atom is 0.0604 e. The average molecular weight is 252 g/mol. The van der Waals surface area contributed by atoms with Crippen LogP contribution in [0.3, 0.4) is 0 Å². The highest BCUT2D eigenvalue weighted by Gasteiger charge is 2.37. The van der Waals surface area contributed by atoms with Crippen LogP contribution < -0.4 is 5.32 Å². The van der Waals surface area contributed by atoms with E-state index >= 15 is 0 Å². The highest BCUT2D eigenvalue weighted by Crippen LogP contribution is 2.33. The van der Waals surface area contributed by atoms with Crippen molar-refractivity contribution in [3.05, 3.63) is 0 Å². The SMILES string of the molecule is CCOC1CC(N2CCC(C3CCCN3)CC2)C1. The monoisotopic (exact) mass is 252 g/mol. The Labute approximate surface area is 111 Å². The van der Waals surface area contributed by atoms with Gasteiger partial charge >= 0.3 is 0 Å². The first-order valence-electron chi connectivity index (χ1n) is 7.96. The van der Waals surface area contributed by atoms with E-state index in [1.165, 1.54) is 58.2 Å². The Kier molecular flexibility index (Phi) is 4.22. The average Bonchev–Trinajstić information content (AvgIpc) is 2.87. The first-order chi connectivity index (χ1) is 8.86. The van der Waals surface area contributed by atoms with E-state index < -0.39 is 0 Å². The van der Waals surface area contributed by atoms with E-state index in [2.05, 4.69) is 17.1 Å². The molecule has 3 nitrogen and oxygen atoms in total. The lowest BCUT2D eigenvalue weighted by Crippen LogP contribution is -2.52. The fourth-order valence-electron chi connectivity index (χ4n) is 4.01. The first kappa shape index (κ1) is 12.9. The lowest BCUT2D eigenvalue weighted by Gasteiger charge is -2.46. The standard InChI is InChI=1S/C15H28N2O/c1-2-18-14-10-13(11-14)17-8-5-12(6-9-17)15-4-3-7-16-15/h12-16H,2-11H2,1H3. The molecule has 2 saturated heterocycles. The molecule has 0 radical (unpaired) electrons. The third kappa shape index (κ3) is 2.73. The minimum atomic E-state index is 0.564. The van der Waals surface area contributed by atoms with Crippen molar-refractivity contribution >= 4 is 0 Å². The Hall–Kier alpha value is -0.120. The summed E-state index contributed by atoms with van der Waals surface area (Å²) < 4.78 is 5.66. The van der Waals surface area contributed by atoms with Gasteiger partial charge in [-0.25, -0.2) is 0 Å². The summed E-state index contributed by atoms with van der Waals surface area (Å²) in [5.41, 5.74) is 0. The van der Waals surface area contributed by atoms with Crippen LogP contribution in [0.5, 0.6) is 0 Å². The van der Waals surface area contributed by atoms with Crippen molar-refractivity contribution in [1.82, 2.24) is 10.2 Å². The third-order valence-corrected chi connectivity index (χ3v) is 5.23. The van der Waals surface area contributed by atoms with Gasteiger partial charge in [0.05, 0.1) is 6.10 Å². The summed E-state index contributed by atoms with van der Waals surface area (Å²) in [5, 5.41) is 3.68. The minimum absolute atomic E-state index is 0.564. The molecule has 1 unspecified atom stereocenters. The zero-order valence-electron chi connectivity index (χ0n) is 11.7. The molecule has 1 atom stereocenters. The maximum absolute atomic E-state index is 5.66. The van der Waals surface area contributed by atoms with Crippen LogP contribution in [0.15, 0.2) is 0 Å². The number of hydrogen-bond donors (Lipinski definition) is 1. The number of nitrogens with zero attached hydrogens (tertiary/aromatic N) is 1. The number of ether oxygens (including phenoxy) is 1. The van der Waals surface area contributed by atoms with Gasteiger partial charge in [-0.1, -0.05) is 0 Å². The van der Waals surface area contributed by atoms with Crippen molar-refractivity contribution in [2.24, 2.45) is 5.92 Å². The Morgan fingerprint density at radius 2 is 1.94 bits per heavy atom. The quantitative estimate of drug-likeness (QED) is 0.828. The summed E-state index contributed by atoms with van der Waals surface area (Å²) >= 11 is 0. The molecule has 0 aromatic carbocycles. The van der Waals surface area contributed by atoms with Gasteiger partial charge in [0.15, 0.2) is 0 Å². The van der Waals surface area contributed by atoms with Crippen LogP contribution >= 0.6 is 0 Å². The summed E-state index contributed by atoms with van der Waals surface area (Å²) in [4.78, 5) is 2.72. The molecule has 1 aliphatic carbocycles. The largest absolute Gasteiger partial charge is 0.378 e. The van der Waals surface area contributed by atoms with Gasteiger partial charge in [-0.3, -0.25) is 0 Å². The highest BCUT2D eigenvalue weighted by molar-refractivity contribution is 4.92. The van der Waals surface area contributed by atoms with E-state index in [4.69, 9.17) is 4.74 Å². The Balaban J connectivity index is 1.38. The van der Waals surface area contributed by atoms with Crippen LogP contribution in [-0.4, -0.2) is 49.3 Å². The molecule has 2 aliphatic heterocycles. The topological polar surface area (TPSA) is 24.5 Å². The molecule has 18 heavy (non-hydrogen) atoms. The van der Waals surface area contributed by atoms with Gasteiger partial charge in [-0.2, -0.15) is 0 Å². The van der Waals surface area contributed by atoms with Crippen LogP contribution in [0.1, 0.15) is 45.4 Å². The van der Waals surface area contributed by atoms with Crippen molar-refractivity contribution in [3.63, 3.8) is 0 Å². The zero-order valence-corrected chi connectivity index (χ0v) is 11.7. The van der Waals surface area contributed by atoms with Crippen LogP contribution in [0.25, 0.3) is 0 Å². The predicted octanol–water partition coefficient (Wildman–Crippen LogP) is 2.02. The lowest BCUT2D eigenvalue weighted by molar-refractivity contribution is -0.0544. The fourth-order valence-corrected chi connectivity index (χ4v) is 4.01. The van der Waals surface area contributed by atoms with Gasteiger partial charge in [0.2, 0.25) is 0 Å². The van der Waals surface area contributed by atoms with Crippen molar-refractivity contribution < 1.29 is 4.74 Å². The van der Waals surface area contributed by atoms with E-state index in [0.29, 0.717) is 6.10 Å². The molecule has 0 bridgehead atoms. The molecule has 1 N–H and O–H groups in total. The molecular weight excluding hydrogens is 224 g/mol. The molecule has 0 aromatic heterocycles. The van der Waals surface area contributed by atoms with E-state index in [9.17, 15) is 0 Å². The summed E-state index contributed by atoms with van der Waals surface area (Å²) in [5.74, 6) is 0.950. The van der Waals surface area contributed by atoms with E-state index in [0.717, 1.165) is 24.6 Å². The number of nitrogens with one attached hydrogen (secondary N) is 1. The molecule has 0 amide bonds. The second-order valence-electron chi connectivity index (χ2n) is 6.28. The second-order valence-corrected chi connectivity index (χ2v) is 6.28. The lowest BCUT2D eigenvalue weighted by atomic mass is 9.83. The molecule has 3 rings (SSSR count). The molecule has 3 heteroatoms. The van der Waals surface area contributed by atoms with Crippen LogP contribution in [0, 0.1) is 5.92 Å². The van der Waals surface area contributed by atoms with Crippen molar-refractivity contribution in [1.29, 1.82) is 0 Å². The van der Waals surface area contributed by atoms with Gasteiger partial charge in [0.25, 0.3) is 0 Å². The zero-order chi connectivity index (χ0) is 12.4. The molecule has 2 heterocycles. The van der Waals surface area contributed by atoms with Gasteiger partial charge in [-0.15, -0.1) is 0 Å². The Morgan fingerprint density at radius 3 is 2.56 bits per heavy atom. The molecule has 104 valence electrons. The molecule has 3 aliphatic rings. The first-order valence-corrected chi connectivity index (χ1v) is 7.96. The van der Waals surface area contributed by atoms with Crippen LogP contribution in [0.2, 0.25) is 0 Å². The number of likely N-dealkylation sites (tertiary alicyclic amines) is 1. The normalized spacial score (nSPS) is 38.8. The Bertz CT molecular complexity index is 251. The molecule has 0 spiro atoms. The maximum atomic E-state index is 5.66. The molecule has 1 saturated carbocycles. The number of rotatable bonds is 4. The third-order valence-electron chi connectivity index (χ3n) is 5.23. The van der Waals surface area contributed by atoms with Crippen LogP contribution in [0.4, 0.5) is 0 Å². The fraction of sp³-hybridized carbons (Fsp3) is 1.00. The Morgan fingerprint density at radius 1 is 1.17 bits per heavy atom. The number of piperidine rings is 1. The summed E-state index contributed by atoms with van der Waals surface area (Å²) in [7, 11) is 0. The summed E-state index contributed by atoms with van der Waals surface area (Å²) in [6.07, 6.45) is 8.75. The van der Waals surface area contributed by atoms with Crippen molar-refractivity contribution in [2.45, 2.75) is 63.6 Å². The van der Waals surface area contributed by atoms with Crippen molar-refractivity contribution in [3.8, 4) is 0 Å². The van der Waals surface area contributed by atoms with Gasteiger partial charge in [0, 0.05) is 18.7 Å². The van der Waals surface area contributed by atoms with Crippen molar-refractivity contribution in [2.75, 3.05) is 26.2 Å². The molecular formula is C15H28N2O. The molecule has 3 fully saturated rings. The smallest absolute Gasteiger partial charge is 0.0604 e. The van der Waals surface area contributed by atoms with Gasteiger partial charge < -0.3 is 15.0 Å². The van der Waals surface area contributed by atoms with Gasteiger partial charge in [0.1, 0.15) is 0 Å². The number of hydrogen-bond acceptors (Lipinski definition) is 3. The van der Waals surface area contributed by atoms with Crippen LogP contribution in [-0.2, 0) is 4.74 Å². The highest BCUT2D eigenvalue weighted by atomic mass is 16.5. The second kappa shape index (κ2) is 5.89. The summed E-state index contributed by atoms with van der Waals surface area (Å²) in [6.45, 7) is 6.89. The molecule has 0 aromatic rings. The summed E-state index contributed by atoms with van der Waals surface area (Å²) in [6, 6.07) is 1.67. The minimum Gasteiger partial charge on any atom is -0.378 e. The van der Waals surface area contributed by atoms with E-state index in [1.54, 1.807) is 0 Å². The predicted molar refractivity (Wildman–Crippen MR) is 73.8 cm³/mol.